The second kappa shape index (κ2) is 72.3. The summed E-state index contributed by atoms with van der Waals surface area (Å²) < 4.78 is 33.2. The van der Waals surface area contributed by atoms with Crippen LogP contribution in [0.1, 0.15) is 361 Å². The Balaban J connectivity index is 3.82. The SMILES string of the molecule is CC/C=C\C/C=C\C/C=C\C/C=C\C/C=C\C/C=C\CCCCCCCCCCCCC(=O)OC(COC(=O)CCCCCCCCCCCCCCCCCCCCCCCCCCC/C=C\CCCCCCCCCC)COP(=O)(O)OCCN. The van der Waals surface area contributed by atoms with Crippen molar-refractivity contribution in [3.05, 3.63) is 85.1 Å². The maximum absolute atomic E-state index is 12.8. The van der Waals surface area contributed by atoms with E-state index in [9.17, 15) is 19.0 Å². The molecule has 0 aliphatic heterocycles. The number of esters is 2. The molecule has 0 fully saturated rings. The van der Waals surface area contributed by atoms with Crippen LogP contribution in [0.5, 0.6) is 0 Å². The molecule has 0 aromatic rings. The maximum Gasteiger partial charge on any atom is 0.472 e. The Morgan fingerprint density at radius 2 is 0.632 bits per heavy atom. The van der Waals surface area contributed by atoms with Crippen LogP contribution in [-0.2, 0) is 32.7 Å². The third kappa shape index (κ3) is 72.1. The lowest BCUT2D eigenvalue weighted by Gasteiger charge is -2.19. The molecule has 0 saturated heterocycles. The molecule has 0 saturated carbocycles. The van der Waals surface area contributed by atoms with Crippen molar-refractivity contribution in [3.8, 4) is 0 Å². The molecule has 0 aromatic heterocycles. The van der Waals surface area contributed by atoms with Crippen molar-refractivity contribution in [1.82, 2.24) is 0 Å². The molecule has 3 N–H and O–H groups in total. The van der Waals surface area contributed by atoms with Gasteiger partial charge in [-0.05, 0) is 89.9 Å². The highest BCUT2D eigenvalue weighted by atomic mass is 31.2. The first-order valence-electron chi connectivity index (χ1n) is 37.1. The summed E-state index contributed by atoms with van der Waals surface area (Å²) in [4.78, 5) is 35.4. The molecule has 0 aliphatic carbocycles. The van der Waals surface area contributed by atoms with Crippen LogP contribution in [0.2, 0.25) is 0 Å². The Labute approximate surface area is 538 Å². The second-order valence-corrected chi connectivity index (χ2v) is 26.2. The maximum atomic E-state index is 12.8. The van der Waals surface area contributed by atoms with Crippen LogP contribution in [0.3, 0.4) is 0 Å². The molecular weight excluding hydrogens is 1100 g/mol. The van der Waals surface area contributed by atoms with E-state index in [1.807, 2.05) is 0 Å². The van der Waals surface area contributed by atoms with Gasteiger partial charge in [0, 0.05) is 19.4 Å². The number of hydrogen-bond acceptors (Lipinski definition) is 8. The topological polar surface area (TPSA) is 134 Å². The number of ether oxygens (including phenoxy) is 2. The zero-order valence-electron chi connectivity index (χ0n) is 57.0. The lowest BCUT2D eigenvalue weighted by molar-refractivity contribution is -0.161. The minimum Gasteiger partial charge on any atom is -0.462 e. The summed E-state index contributed by atoms with van der Waals surface area (Å²) in [6.07, 6.45) is 97.0. The van der Waals surface area contributed by atoms with E-state index in [-0.39, 0.29) is 38.6 Å². The molecule has 0 aromatic carbocycles. The van der Waals surface area contributed by atoms with Gasteiger partial charge in [0.2, 0.25) is 0 Å². The smallest absolute Gasteiger partial charge is 0.462 e. The van der Waals surface area contributed by atoms with Gasteiger partial charge in [0.25, 0.3) is 0 Å². The lowest BCUT2D eigenvalue weighted by atomic mass is 10.0. The van der Waals surface area contributed by atoms with Gasteiger partial charge in [-0.15, -0.1) is 0 Å². The highest BCUT2D eigenvalue weighted by molar-refractivity contribution is 7.47. The molecule has 0 rings (SSSR count). The van der Waals surface area contributed by atoms with Crippen molar-refractivity contribution in [3.63, 3.8) is 0 Å². The average molecular weight is 1240 g/mol. The molecule has 0 spiro atoms. The molecule has 0 amide bonds. The Morgan fingerprint density at radius 1 is 0.356 bits per heavy atom. The molecule has 0 radical (unpaired) electrons. The number of rotatable bonds is 70. The Morgan fingerprint density at radius 3 is 0.954 bits per heavy atom. The van der Waals surface area contributed by atoms with Crippen molar-refractivity contribution in [1.29, 1.82) is 0 Å². The van der Waals surface area contributed by atoms with Crippen molar-refractivity contribution in [2.45, 2.75) is 367 Å². The van der Waals surface area contributed by atoms with Gasteiger partial charge in [0.1, 0.15) is 6.61 Å². The first-order chi connectivity index (χ1) is 42.8. The Hall–Kier alpha value is -2.81. The van der Waals surface area contributed by atoms with Crippen molar-refractivity contribution in [2.24, 2.45) is 5.73 Å². The summed E-state index contributed by atoms with van der Waals surface area (Å²) in [7, 11) is -4.40. The number of allylic oxidation sites excluding steroid dienone is 14. The zero-order chi connectivity index (χ0) is 63.0. The van der Waals surface area contributed by atoms with E-state index >= 15 is 0 Å². The lowest BCUT2D eigenvalue weighted by Crippen LogP contribution is -2.29. The second-order valence-electron chi connectivity index (χ2n) is 24.8. The standard InChI is InChI=1S/C77H140NO8P/c1-3-5-7-9-11-13-15-17-19-21-23-25-27-29-31-33-34-35-36-37-38-39-40-42-43-45-47-49-51-53-55-57-59-61-63-65-67-69-76(79)83-73-75(74-85-87(81,82)84-72-71-78)86-77(80)70-68-66-64-62-60-58-56-54-52-50-48-46-44-41-32-30-28-26-24-22-20-18-16-14-12-10-8-6-4-2/h6,8,12,14,18,20-21,23-24,26,30,32,44,46,75H,3-5,7,9-11,13,15-17,19,22,25,27-29,31,33-43,45,47-74,78H2,1-2H3,(H,81,82)/b8-6-,14-12-,20-18-,23-21-,26-24-,32-30-,46-44-. The van der Waals surface area contributed by atoms with E-state index in [1.165, 1.54) is 244 Å². The highest BCUT2D eigenvalue weighted by Crippen LogP contribution is 2.43. The predicted molar refractivity (Wildman–Crippen MR) is 376 cm³/mol. The van der Waals surface area contributed by atoms with Gasteiger partial charge >= 0.3 is 19.8 Å². The Bertz CT molecular complexity index is 1700. The fourth-order valence-electron chi connectivity index (χ4n) is 10.8. The molecular formula is C77H140NO8P. The summed E-state index contributed by atoms with van der Waals surface area (Å²) in [6.45, 7) is 3.67. The van der Waals surface area contributed by atoms with Crippen LogP contribution >= 0.6 is 7.82 Å². The number of unbranched alkanes of at least 4 members (excludes halogenated alkanes) is 43. The quantitative estimate of drug-likeness (QED) is 0.0264. The van der Waals surface area contributed by atoms with Crippen molar-refractivity contribution >= 4 is 19.8 Å². The number of phosphoric ester groups is 1. The fourth-order valence-corrected chi connectivity index (χ4v) is 11.6. The molecule has 2 unspecified atom stereocenters. The summed E-state index contributed by atoms with van der Waals surface area (Å²) in [5, 5.41) is 0. The first kappa shape index (κ1) is 84.2. The number of phosphoric acid groups is 1. The van der Waals surface area contributed by atoms with Gasteiger partial charge < -0.3 is 20.1 Å². The molecule has 0 heterocycles. The highest BCUT2D eigenvalue weighted by Gasteiger charge is 2.26. The zero-order valence-corrected chi connectivity index (χ0v) is 57.9. The molecule has 0 aliphatic rings. The predicted octanol–water partition coefficient (Wildman–Crippen LogP) is 24.5. The van der Waals surface area contributed by atoms with Gasteiger partial charge in [-0.2, -0.15) is 0 Å². The van der Waals surface area contributed by atoms with Crippen LogP contribution in [0.4, 0.5) is 0 Å². The van der Waals surface area contributed by atoms with E-state index in [2.05, 4.69) is 98.9 Å². The average Bonchev–Trinajstić information content (AvgIpc) is 3.63. The number of carbonyl (C=O) groups is 2. The van der Waals surface area contributed by atoms with Crippen LogP contribution in [0, 0.1) is 0 Å². The van der Waals surface area contributed by atoms with Gasteiger partial charge in [0.05, 0.1) is 13.2 Å². The van der Waals surface area contributed by atoms with Crippen LogP contribution in [0.15, 0.2) is 85.1 Å². The number of carbonyl (C=O) groups excluding carboxylic acids is 2. The van der Waals surface area contributed by atoms with E-state index < -0.39 is 26.5 Å². The van der Waals surface area contributed by atoms with Crippen molar-refractivity contribution in [2.75, 3.05) is 26.4 Å². The minimum absolute atomic E-state index is 0.0510. The molecule has 10 heteroatoms. The van der Waals surface area contributed by atoms with Crippen molar-refractivity contribution < 1.29 is 37.6 Å². The van der Waals surface area contributed by atoms with E-state index in [0.29, 0.717) is 6.42 Å². The monoisotopic (exact) mass is 1240 g/mol. The molecule has 2 atom stereocenters. The van der Waals surface area contributed by atoms with Crippen LogP contribution < -0.4 is 5.73 Å². The fraction of sp³-hybridized carbons (Fsp3) is 0.792. The molecule has 87 heavy (non-hydrogen) atoms. The summed E-state index contributed by atoms with van der Waals surface area (Å²) in [5.41, 5.74) is 5.41. The first-order valence-corrected chi connectivity index (χ1v) is 38.6. The molecule has 506 valence electrons. The van der Waals surface area contributed by atoms with Gasteiger partial charge in [0.15, 0.2) is 6.10 Å². The summed E-state index contributed by atoms with van der Waals surface area (Å²) in [5.74, 6) is -0.820. The van der Waals surface area contributed by atoms with E-state index in [0.717, 1.165) is 83.5 Å². The third-order valence-corrected chi connectivity index (χ3v) is 17.2. The summed E-state index contributed by atoms with van der Waals surface area (Å²) >= 11 is 0. The molecule has 9 nitrogen and oxygen atoms in total. The molecule has 0 bridgehead atoms. The van der Waals surface area contributed by atoms with Gasteiger partial charge in [-0.3, -0.25) is 18.6 Å². The van der Waals surface area contributed by atoms with Gasteiger partial charge in [-0.25, -0.2) is 4.57 Å². The van der Waals surface area contributed by atoms with E-state index in [1.54, 1.807) is 0 Å². The largest absolute Gasteiger partial charge is 0.472 e. The minimum atomic E-state index is -4.40. The van der Waals surface area contributed by atoms with E-state index in [4.69, 9.17) is 24.3 Å². The normalized spacial score (nSPS) is 13.4. The summed E-state index contributed by atoms with van der Waals surface area (Å²) in [6, 6.07) is 0. The third-order valence-electron chi connectivity index (χ3n) is 16.3. The van der Waals surface area contributed by atoms with Crippen LogP contribution in [0.25, 0.3) is 0 Å². The van der Waals surface area contributed by atoms with Gasteiger partial charge in [-0.1, -0.05) is 343 Å². The number of nitrogens with two attached hydrogens (primary N) is 1. The number of hydrogen-bond donors (Lipinski definition) is 2. The van der Waals surface area contributed by atoms with Crippen LogP contribution in [-0.4, -0.2) is 49.3 Å². The Kier molecular flexibility index (Phi) is 69.9.